The van der Waals surface area contributed by atoms with Crippen LogP contribution in [0.15, 0.2) is 48.5 Å². The van der Waals surface area contributed by atoms with Crippen LogP contribution in [0.4, 0.5) is 0 Å². The average molecular weight is 406 g/mol. The van der Waals surface area contributed by atoms with Crippen molar-refractivity contribution in [2.75, 3.05) is 26.7 Å². The van der Waals surface area contributed by atoms with E-state index < -0.39 is 0 Å². The summed E-state index contributed by atoms with van der Waals surface area (Å²) in [5.74, 6) is 0.0594. The molecule has 6 heteroatoms. The molecule has 0 saturated carbocycles. The van der Waals surface area contributed by atoms with Gasteiger partial charge in [-0.3, -0.25) is 14.6 Å². The smallest absolute Gasteiger partial charge is 0.234 e. The average Bonchev–Trinajstić information content (AvgIpc) is 3.05. The van der Waals surface area contributed by atoms with E-state index in [1.807, 2.05) is 30.1 Å². The molecular weight excluding hydrogens is 381 g/mol. The molecule has 27 heavy (non-hydrogen) atoms. The monoisotopic (exact) mass is 405 g/mol. The maximum absolute atomic E-state index is 12.4. The third-order valence-corrected chi connectivity index (χ3v) is 5.48. The van der Waals surface area contributed by atoms with Crippen molar-refractivity contribution in [2.45, 2.75) is 25.6 Å². The van der Waals surface area contributed by atoms with Crippen molar-refractivity contribution in [2.24, 2.45) is 0 Å². The molecule has 1 saturated heterocycles. The van der Waals surface area contributed by atoms with E-state index in [0.29, 0.717) is 23.1 Å². The number of amides is 1. The number of hydrogen-bond donors (Lipinski definition) is 1. The Bertz CT molecular complexity index is 769. The first kappa shape index (κ1) is 20.2. The number of likely N-dealkylation sites (N-methyl/N-ethyl adjacent to an activating group) is 1. The van der Waals surface area contributed by atoms with E-state index in [9.17, 15) is 4.79 Å². The lowest BCUT2D eigenvalue weighted by molar-refractivity contribution is -0.122. The molecule has 1 aliphatic rings. The number of halogens is 2. The third-order valence-electron chi connectivity index (χ3n) is 4.74. The number of benzene rings is 2. The number of rotatable bonds is 7. The topological polar surface area (TPSA) is 35.6 Å². The van der Waals surface area contributed by atoms with Gasteiger partial charge in [-0.25, -0.2) is 0 Å². The number of carbonyl (C=O) groups excluding carboxylic acids is 1. The summed E-state index contributed by atoms with van der Waals surface area (Å²) < 4.78 is 0. The van der Waals surface area contributed by atoms with Crippen molar-refractivity contribution in [3.63, 3.8) is 0 Å². The van der Waals surface area contributed by atoms with E-state index >= 15 is 0 Å². The Morgan fingerprint density at radius 2 is 1.93 bits per heavy atom. The Morgan fingerprint density at radius 3 is 2.67 bits per heavy atom. The quantitative estimate of drug-likeness (QED) is 0.760. The van der Waals surface area contributed by atoms with Gasteiger partial charge in [0, 0.05) is 32.2 Å². The minimum Gasteiger partial charge on any atom is -0.351 e. The van der Waals surface area contributed by atoms with E-state index in [1.165, 1.54) is 5.56 Å². The highest BCUT2D eigenvalue weighted by Gasteiger charge is 2.24. The van der Waals surface area contributed by atoms with Crippen molar-refractivity contribution in [1.29, 1.82) is 0 Å². The summed E-state index contributed by atoms with van der Waals surface area (Å²) in [6, 6.07) is 16.2. The number of nitrogens with one attached hydrogen (secondary N) is 1. The fourth-order valence-corrected chi connectivity index (χ4v) is 3.78. The molecule has 0 unspecified atom stereocenters. The van der Waals surface area contributed by atoms with Crippen molar-refractivity contribution < 1.29 is 4.79 Å². The van der Waals surface area contributed by atoms with E-state index in [0.717, 1.165) is 31.6 Å². The highest BCUT2D eigenvalue weighted by atomic mass is 35.5. The van der Waals surface area contributed by atoms with Gasteiger partial charge in [0.25, 0.3) is 0 Å². The van der Waals surface area contributed by atoms with Crippen molar-refractivity contribution in [3.8, 4) is 0 Å². The molecule has 0 bridgehead atoms. The van der Waals surface area contributed by atoms with Crippen molar-refractivity contribution in [3.05, 3.63) is 69.7 Å². The maximum atomic E-state index is 12.4. The molecule has 1 amide bonds. The summed E-state index contributed by atoms with van der Waals surface area (Å²) >= 11 is 12.0. The lowest BCUT2D eigenvalue weighted by Crippen LogP contribution is -2.42. The largest absolute Gasteiger partial charge is 0.351 e. The van der Waals surface area contributed by atoms with Crippen molar-refractivity contribution >= 4 is 29.1 Å². The lowest BCUT2D eigenvalue weighted by atomic mass is 10.2. The van der Waals surface area contributed by atoms with Gasteiger partial charge >= 0.3 is 0 Å². The van der Waals surface area contributed by atoms with Crippen LogP contribution in [0.25, 0.3) is 0 Å². The predicted octanol–water partition coefficient (Wildman–Crippen LogP) is 3.82. The maximum Gasteiger partial charge on any atom is 0.234 e. The molecule has 1 aliphatic heterocycles. The lowest BCUT2D eigenvalue weighted by Gasteiger charge is -2.20. The first-order chi connectivity index (χ1) is 13.0. The molecule has 1 fully saturated rings. The molecular formula is C21H25Cl2N3O. The van der Waals surface area contributed by atoms with Gasteiger partial charge in [0.1, 0.15) is 0 Å². The molecule has 0 aliphatic carbocycles. The number of nitrogens with zero attached hydrogens (tertiary/aromatic N) is 2. The number of hydrogen-bond acceptors (Lipinski definition) is 3. The molecule has 4 nitrogen and oxygen atoms in total. The van der Waals surface area contributed by atoms with Gasteiger partial charge in [-0.1, -0.05) is 59.6 Å². The van der Waals surface area contributed by atoms with Crippen LogP contribution in [-0.4, -0.2) is 48.4 Å². The Balaban J connectivity index is 1.41. The van der Waals surface area contributed by atoms with Crippen LogP contribution in [-0.2, 0) is 17.9 Å². The highest BCUT2D eigenvalue weighted by molar-refractivity contribution is 6.42. The van der Waals surface area contributed by atoms with E-state index in [1.54, 1.807) is 6.07 Å². The van der Waals surface area contributed by atoms with Gasteiger partial charge < -0.3 is 5.32 Å². The van der Waals surface area contributed by atoms with E-state index in [2.05, 4.69) is 34.5 Å². The zero-order valence-electron chi connectivity index (χ0n) is 15.5. The van der Waals surface area contributed by atoms with Crippen LogP contribution < -0.4 is 5.32 Å². The molecule has 0 spiro atoms. The SMILES string of the molecule is CN(CC(=O)N[C@H]1CCN(Cc2ccccc2)C1)Cc1ccc(Cl)c(Cl)c1. The standard InChI is InChI=1S/C21H25Cl2N3O/c1-25(12-17-7-8-19(22)20(23)11-17)15-21(27)24-18-9-10-26(14-18)13-16-5-3-2-4-6-16/h2-8,11,18H,9-10,12-15H2,1H3,(H,24,27)/t18-/m0/s1. The minimum absolute atomic E-state index is 0.0594. The molecule has 2 aromatic rings. The Labute approximate surface area is 171 Å². The Hall–Kier alpha value is -1.59. The second-order valence-corrected chi connectivity index (χ2v) is 8.01. The first-order valence-electron chi connectivity index (χ1n) is 9.17. The first-order valence-corrected chi connectivity index (χ1v) is 9.93. The van der Waals surface area contributed by atoms with Gasteiger partial charge in [-0.05, 0) is 36.7 Å². The predicted molar refractivity (Wildman–Crippen MR) is 111 cm³/mol. The fourth-order valence-electron chi connectivity index (χ4n) is 3.46. The third kappa shape index (κ3) is 6.22. The summed E-state index contributed by atoms with van der Waals surface area (Å²) in [7, 11) is 1.93. The molecule has 1 heterocycles. The summed E-state index contributed by atoms with van der Waals surface area (Å²) in [6.45, 7) is 3.85. The normalized spacial score (nSPS) is 17.4. The van der Waals surface area contributed by atoms with Crippen LogP contribution in [0, 0.1) is 0 Å². The molecule has 1 N–H and O–H groups in total. The van der Waals surface area contributed by atoms with Gasteiger partial charge in [0.15, 0.2) is 0 Å². The second kappa shape index (κ2) is 9.56. The van der Waals surface area contributed by atoms with Crippen LogP contribution in [0.1, 0.15) is 17.5 Å². The van der Waals surface area contributed by atoms with Gasteiger partial charge in [0.2, 0.25) is 5.91 Å². The van der Waals surface area contributed by atoms with Gasteiger partial charge in [-0.2, -0.15) is 0 Å². The minimum atomic E-state index is 0.0594. The Morgan fingerprint density at radius 1 is 1.15 bits per heavy atom. The molecule has 0 radical (unpaired) electrons. The second-order valence-electron chi connectivity index (χ2n) is 7.19. The number of carbonyl (C=O) groups is 1. The zero-order chi connectivity index (χ0) is 19.2. The molecule has 0 aromatic heterocycles. The highest BCUT2D eigenvalue weighted by Crippen LogP contribution is 2.23. The molecule has 2 aromatic carbocycles. The number of likely N-dealkylation sites (tertiary alicyclic amines) is 1. The van der Waals surface area contributed by atoms with Crippen LogP contribution in [0.3, 0.4) is 0 Å². The van der Waals surface area contributed by atoms with Gasteiger partial charge in [0.05, 0.1) is 16.6 Å². The summed E-state index contributed by atoms with van der Waals surface area (Å²) in [5.41, 5.74) is 2.35. The summed E-state index contributed by atoms with van der Waals surface area (Å²) in [5, 5.41) is 4.24. The Kier molecular flexibility index (Phi) is 7.13. The molecule has 3 rings (SSSR count). The van der Waals surface area contributed by atoms with Crippen LogP contribution >= 0.6 is 23.2 Å². The molecule has 1 atom stereocenters. The zero-order valence-corrected chi connectivity index (χ0v) is 17.0. The molecule has 144 valence electrons. The van der Waals surface area contributed by atoms with E-state index in [-0.39, 0.29) is 11.9 Å². The van der Waals surface area contributed by atoms with Crippen LogP contribution in [0.2, 0.25) is 10.0 Å². The fraction of sp³-hybridized carbons (Fsp3) is 0.381. The van der Waals surface area contributed by atoms with Crippen molar-refractivity contribution in [1.82, 2.24) is 15.1 Å². The summed E-state index contributed by atoms with van der Waals surface area (Å²) in [6.07, 6.45) is 0.995. The van der Waals surface area contributed by atoms with Gasteiger partial charge in [-0.15, -0.1) is 0 Å². The summed E-state index contributed by atoms with van der Waals surface area (Å²) in [4.78, 5) is 16.7. The van der Waals surface area contributed by atoms with Crippen LogP contribution in [0.5, 0.6) is 0 Å². The van der Waals surface area contributed by atoms with E-state index in [4.69, 9.17) is 23.2 Å².